The summed E-state index contributed by atoms with van der Waals surface area (Å²) in [7, 11) is 1.15. The third-order valence-electron chi connectivity index (χ3n) is 1.14. The first-order chi connectivity index (χ1) is 5.24. The molecule has 0 atom stereocenters. The minimum absolute atomic E-state index is 0.0952. The molecule has 0 fully saturated rings. The highest BCUT2D eigenvalue weighted by molar-refractivity contribution is 8.68. The van der Waals surface area contributed by atoms with Crippen molar-refractivity contribution in [1.82, 2.24) is 0 Å². The Kier molecular flexibility index (Phi) is 2.78. The van der Waals surface area contributed by atoms with Gasteiger partial charge in [-0.3, -0.25) is 10.1 Å². The fraction of sp³-hybridized carbons (Fsp3) is 0. The lowest BCUT2D eigenvalue weighted by molar-refractivity contribution is -0.384. The summed E-state index contributed by atoms with van der Waals surface area (Å²) in [5.74, 6) is 0. The zero-order valence-electron chi connectivity index (χ0n) is 5.39. The molecule has 0 bridgehead atoms. The molecule has 57 valence electrons. The van der Waals surface area contributed by atoms with Gasteiger partial charge < -0.3 is 0 Å². The van der Waals surface area contributed by atoms with Crippen LogP contribution in [0.5, 0.6) is 0 Å². The second-order valence-corrected chi connectivity index (χ2v) is 2.97. The Balaban J connectivity index is 2.91. The first-order valence-corrected chi connectivity index (χ1v) is 4.52. The van der Waals surface area contributed by atoms with E-state index in [1.807, 2.05) is 0 Å². The number of nitrogens with zero attached hydrogens (tertiary/aromatic N) is 1. The minimum atomic E-state index is -0.433. The molecular formula is C6H4NO2S2. The first-order valence-electron chi connectivity index (χ1n) is 2.78. The van der Waals surface area contributed by atoms with Gasteiger partial charge in [-0.15, -0.1) is 0 Å². The number of nitro benzene ring substituents is 1. The number of rotatable bonds is 2. The lowest BCUT2D eigenvalue weighted by Gasteiger charge is -1.92. The summed E-state index contributed by atoms with van der Waals surface area (Å²) in [6, 6.07) is 6.15. The summed E-state index contributed by atoms with van der Waals surface area (Å²) < 4.78 is 0. The second kappa shape index (κ2) is 3.64. The van der Waals surface area contributed by atoms with Gasteiger partial charge in [0.05, 0.1) is 4.92 Å². The number of nitro groups is 1. The molecule has 0 aliphatic heterocycles. The van der Waals surface area contributed by atoms with Gasteiger partial charge >= 0.3 is 0 Å². The van der Waals surface area contributed by atoms with Crippen LogP contribution in [0.2, 0.25) is 0 Å². The highest BCUT2D eigenvalue weighted by Crippen LogP contribution is 2.23. The van der Waals surface area contributed by atoms with Crippen LogP contribution in [0.15, 0.2) is 29.2 Å². The number of benzene rings is 1. The van der Waals surface area contributed by atoms with Crippen LogP contribution in [0.1, 0.15) is 0 Å². The summed E-state index contributed by atoms with van der Waals surface area (Å²) in [4.78, 5) is 10.6. The largest absolute Gasteiger partial charge is 0.269 e. The zero-order valence-corrected chi connectivity index (χ0v) is 7.02. The monoisotopic (exact) mass is 186 g/mol. The van der Waals surface area contributed by atoms with E-state index in [4.69, 9.17) is 0 Å². The van der Waals surface area contributed by atoms with E-state index in [1.165, 1.54) is 12.1 Å². The Hall–Kier alpha value is -0.680. The molecule has 1 aromatic rings. The maximum Gasteiger partial charge on any atom is 0.269 e. The second-order valence-electron chi connectivity index (χ2n) is 1.83. The molecule has 0 spiro atoms. The van der Waals surface area contributed by atoms with Crippen LogP contribution >= 0.6 is 22.5 Å². The minimum Gasteiger partial charge on any atom is -0.258 e. The molecule has 0 aliphatic carbocycles. The molecule has 3 nitrogen and oxygen atoms in total. The van der Waals surface area contributed by atoms with Crippen LogP contribution in [0.3, 0.4) is 0 Å². The van der Waals surface area contributed by atoms with E-state index in [0.717, 1.165) is 15.7 Å². The lowest BCUT2D eigenvalue weighted by atomic mass is 10.3. The normalized spacial score (nSPS) is 9.55. The molecule has 0 unspecified atom stereocenters. The van der Waals surface area contributed by atoms with E-state index in [2.05, 4.69) is 11.7 Å². The molecule has 0 N–H and O–H groups in total. The fourth-order valence-corrected chi connectivity index (χ4v) is 1.20. The Morgan fingerprint density at radius 1 is 1.36 bits per heavy atom. The number of non-ortho nitro benzene ring substituents is 1. The van der Waals surface area contributed by atoms with Crippen molar-refractivity contribution in [1.29, 1.82) is 0 Å². The van der Waals surface area contributed by atoms with Crippen molar-refractivity contribution in [2.24, 2.45) is 0 Å². The number of hydrogen-bond donors (Lipinski definition) is 0. The highest BCUT2D eigenvalue weighted by atomic mass is 33.1. The van der Waals surface area contributed by atoms with Crippen LogP contribution < -0.4 is 0 Å². The Morgan fingerprint density at radius 3 is 2.27 bits per heavy atom. The van der Waals surface area contributed by atoms with Gasteiger partial charge in [-0.05, 0) is 34.6 Å². The highest BCUT2D eigenvalue weighted by Gasteiger charge is 2.02. The molecular weight excluding hydrogens is 182 g/mol. The summed E-state index contributed by atoms with van der Waals surface area (Å²) in [5.41, 5.74) is 0.0952. The van der Waals surface area contributed by atoms with Crippen molar-refractivity contribution in [3.63, 3.8) is 0 Å². The average Bonchev–Trinajstić information content (AvgIpc) is 2.05. The quantitative estimate of drug-likeness (QED) is 0.405. The average molecular weight is 186 g/mol. The van der Waals surface area contributed by atoms with E-state index in [9.17, 15) is 10.1 Å². The lowest BCUT2D eigenvalue weighted by Crippen LogP contribution is -1.85. The van der Waals surface area contributed by atoms with Crippen molar-refractivity contribution >= 4 is 28.1 Å². The van der Waals surface area contributed by atoms with Gasteiger partial charge in [-0.25, -0.2) is 0 Å². The van der Waals surface area contributed by atoms with Crippen LogP contribution in [0.25, 0.3) is 0 Å². The molecule has 1 rings (SSSR count). The molecule has 5 heteroatoms. The van der Waals surface area contributed by atoms with Crippen LogP contribution in [0.4, 0.5) is 5.69 Å². The van der Waals surface area contributed by atoms with Crippen molar-refractivity contribution in [3.05, 3.63) is 34.4 Å². The number of hydrogen-bond acceptors (Lipinski definition) is 3. The van der Waals surface area contributed by atoms with Crippen LogP contribution in [-0.4, -0.2) is 4.92 Å². The molecule has 0 heterocycles. The zero-order chi connectivity index (χ0) is 8.27. The first kappa shape index (κ1) is 8.42. The van der Waals surface area contributed by atoms with Crippen molar-refractivity contribution in [2.45, 2.75) is 4.90 Å². The predicted molar refractivity (Wildman–Crippen MR) is 46.5 cm³/mol. The molecule has 0 amide bonds. The SMILES string of the molecule is O=[N+]([O-])c1ccc(S[S])cc1. The molecule has 0 aromatic heterocycles. The summed E-state index contributed by atoms with van der Waals surface area (Å²) in [5, 5.41) is 10.2. The van der Waals surface area contributed by atoms with Crippen LogP contribution in [-0.2, 0) is 0 Å². The smallest absolute Gasteiger partial charge is 0.258 e. The van der Waals surface area contributed by atoms with Gasteiger partial charge in [-0.1, -0.05) is 0 Å². The maximum absolute atomic E-state index is 10.2. The van der Waals surface area contributed by atoms with E-state index < -0.39 is 4.92 Å². The molecule has 1 radical (unpaired) electrons. The third-order valence-corrected chi connectivity index (χ3v) is 2.19. The Labute approximate surface area is 72.8 Å². The molecule has 0 saturated carbocycles. The van der Waals surface area contributed by atoms with Gasteiger partial charge in [-0.2, -0.15) is 0 Å². The van der Waals surface area contributed by atoms with E-state index in [-0.39, 0.29) is 5.69 Å². The fourth-order valence-electron chi connectivity index (χ4n) is 0.623. The van der Waals surface area contributed by atoms with Gasteiger partial charge in [0.1, 0.15) is 0 Å². The molecule has 11 heavy (non-hydrogen) atoms. The van der Waals surface area contributed by atoms with E-state index >= 15 is 0 Å². The predicted octanol–water partition coefficient (Wildman–Crippen LogP) is 2.80. The summed E-state index contributed by atoms with van der Waals surface area (Å²) in [6.07, 6.45) is 0. The summed E-state index contributed by atoms with van der Waals surface area (Å²) >= 11 is 4.67. The van der Waals surface area contributed by atoms with Crippen molar-refractivity contribution < 1.29 is 4.92 Å². The van der Waals surface area contributed by atoms with Crippen molar-refractivity contribution in [2.75, 3.05) is 0 Å². The Bertz CT molecular complexity index is 260. The molecule has 1 aromatic carbocycles. The Morgan fingerprint density at radius 2 is 1.91 bits per heavy atom. The van der Waals surface area contributed by atoms with Gasteiger partial charge in [0.2, 0.25) is 0 Å². The molecule has 0 saturated heterocycles. The molecule has 0 aliphatic rings. The van der Waals surface area contributed by atoms with Gasteiger partial charge in [0.25, 0.3) is 5.69 Å². The van der Waals surface area contributed by atoms with E-state index in [0.29, 0.717) is 0 Å². The van der Waals surface area contributed by atoms with Gasteiger partial charge in [0, 0.05) is 17.0 Å². The third kappa shape index (κ3) is 2.13. The maximum atomic E-state index is 10.2. The van der Waals surface area contributed by atoms with E-state index in [1.54, 1.807) is 12.1 Å². The summed E-state index contributed by atoms with van der Waals surface area (Å²) in [6.45, 7) is 0. The topological polar surface area (TPSA) is 43.1 Å². The van der Waals surface area contributed by atoms with Gasteiger partial charge in [0.15, 0.2) is 0 Å². The standard InChI is InChI=1S/C6H4NO2S2/c8-7(9)5-1-3-6(11-10)4-2-5/h1-4H. The van der Waals surface area contributed by atoms with Crippen molar-refractivity contribution in [3.8, 4) is 0 Å². The van der Waals surface area contributed by atoms with Crippen LogP contribution in [0, 0.1) is 10.1 Å².